The number of hydrogen-bond acceptors (Lipinski definition) is 5. The van der Waals surface area contributed by atoms with E-state index in [0.717, 1.165) is 27.1 Å². The zero-order valence-electron chi connectivity index (χ0n) is 13.1. The van der Waals surface area contributed by atoms with Gasteiger partial charge in [0.2, 0.25) is 5.13 Å². The molecule has 2 aromatic carbocycles. The van der Waals surface area contributed by atoms with Crippen molar-refractivity contribution in [3.63, 3.8) is 0 Å². The van der Waals surface area contributed by atoms with Crippen LogP contribution >= 0.6 is 11.3 Å². The lowest BCUT2D eigenvalue weighted by molar-refractivity contribution is 0.0962. The summed E-state index contributed by atoms with van der Waals surface area (Å²) in [6.45, 7) is 3.92. The summed E-state index contributed by atoms with van der Waals surface area (Å²) in [6.07, 6.45) is 0. The van der Waals surface area contributed by atoms with Crippen molar-refractivity contribution in [2.75, 3.05) is 12.5 Å². The Bertz CT molecular complexity index is 873. The van der Waals surface area contributed by atoms with Crippen molar-refractivity contribution >= 4 is 32.6 Å². The van der Waals surface area contributed by atoms with Crippen molar-refractivity contribution in [1.82, 2.24) is 10.4 Å². The first-order valence-electron chi connectivity index (χ1n) is 7.15. The average molecular weight is 327 g/mol. The van der Waals surface area contributed by atoms with Crippen LogP contribution in [0.2, 0.25) is 0 Å². The molecular formula is C17H17N3O2S. The number of hydrogen-bond donors (Lipinski definition) is 2. The fraction of sp³-hybridized carbons (Fsp3) is 0.176. The molecule has 0 unspecified atom stereocenters. The summed E-state index contributed by atoms with van der Waals surface area (Å²) in [6, 6.07) is 11.4. The topological polar surface area (TPSA) is 63.2 Å². The maximum Gasteiger partial charge on any atom is 0.269 e. The highest BCUT2D eigenvalue weighted by atomic mass is 32.1. The van der Waals surface area contributed by atoms with Crippen LogP contribution in [0.5, 0.6) is 5.75 Å². The number of carbonyl (C=O) groups is 1. The molecule has 0 fully saturated rings. The molecule has 3 aromatic rings. The first kappa shape index (κ1) is 15.3. The third-order valence-corrected chi connectivity index (χ3v) is 4.44. The van der Waals surface area contributed by atoms with Gasteiger partial charge in [-0.05, 0) is 43.7 Å². The van der Waals surface area contributed by atoms with Gasteiger partial charge in [0.1, 0.15) is 5.75 Å². The predicted molar refractivity (Wildman–Crippen MR) is 93.2 cm³/mol. The SMILES string of the molecule is COc1ccc2nc(NNC(=O)c3ccc(C)cc3C)sc2c1. The molecule has 0 aliphatic rings. The number of hydrazine groups is 1. The van der Waals surface area contributed by atoms with Crippen molar-refractivity contribution in [3.05, 3.63) is 53.1 Å². The Morgan fingerprint density at radius 3 is 2.74 bits per heavy atom. The lowest BCUT2D eigenvalue weighted by Gasteiger charge is -2.08. The molecule has 0 saturated carbocycles. The molecule has 0 atom stereocenters. The van der Waals surface area contributed by atoms with E-state index >= 15 is 0 Å². The van der Waals surface area contributed by atoms with Crippen LogP contribution in [0, 0.1) is 13.8 Å². The smallest absolute Gasteiger partial charge is 0.269 e. The summed E-state index contributed by atoms with van der Waals surface area (Å²) in [5.74, 6) is 0.603. The molecule has 5 nitrogen and oxygen atoms in total. The van der Waals surface area contributed by atoms with Crippen LogP contribution in [0.1, 0.15) is 21.5 Å². The van der Waals surface area contributed by atoms with Crippen molar-refractivity contribution < 1.29 is 9.53 Å². The predicted octanol–water partition coefficient (Wildman–Crippen LogP) is 3.68. The molecule has 23 heavy (non-hydrogen) atoms. The maximum atomic E-state index is 12.2. The second-order valence-electron chi connectivity index (χ2n) is 5.25. The third-order valence-electron chi connectivity index (χ3n) is 3.51. The number of amides is 1. The fourth-order valence-electron chi connectivity index (χ4n) is 2.33. The minimum absolute atomic E-state index is 0.181. The van der Waals surface area contributed by atoms with Crippen molar-refractivity contribution in [1.29, 1.82) is 0 Å². The van der Waals surface area contributed by atoms with Gasteiger partial charge < -0.3 is 4.74 Å². The monoisotopic (exact) mass is 327 g/mol. The molecule has 0 spiro atoms. The van der Waals surface area contributed by atoms with Crippen LogP contribution in [-0.2, 0) is 0 Å². The van der Waals surface area contributed by atoms with E-state index in [9.17, 15) is 4.79 Å². The van der Waals surface area contributed by atoms with Crippen molar-refractivity contribution in [2.24, 2.45) is 0 Å². The molecule has 0 aliphatic heterocycles. The number of aryl methyl sites for hydroxylation is 2. The van der Waals surface area contributed by atoms with Crippen LogP contribution in [-0.4, -0.2) is 18.0 Å². The number of methoxy groups -OCH3 is 1. The third kappa shape index (κ3) is 3.27. The Kier molecular flexibility index (Phi) is 4.16. The molecule has 0 bridgehead atoms. The largest absolute Gasteiger partial charge is 0.497 e. The number of benzene rings is 2. The number of nitrogens with one attached hydrogen (secondary N) is 2. The molecule has 0 saturated heterocycles. The van der Waals surface area contributed by atoms with Gasteiger partial charge in [0.15, 0.2) is 0 Å². The number of ether oxygens (including phenoxy) is 1. The van der Waals surface area contributed by atoms with Crippen LogP contribution in [0.4, 0.5) is 5.13 Å². The number of anilines is 1. The zero-order valence-corrected chi connectivity index (χ0v) is 14.0. The molecule has 6 heteroatoms. The lowest BCUT2D eigenvalue weighted by atomic mass is 10.1. The molecule has 1 heterocycles. The molecular weight excluding hydrogens is 310 g/mol. The van der Waals surface area contributed by atoms with E-state index in [0.29, 0.717) is 10.7 Å². The minimum Gasteiger partial charge on any atom is -0.497 e. The van der Waals surface area contributed by atoms with Gasteiger partial charge >= 0.3 is 0 Å². The van der Waals surface area contributed by atoms with E-state index in [1.54, 1.807) is 7.11 Å². The summed E-state index contributed by atoms with van der Waals surface area (Å²) < 4.78 is 6.19. The van der Waals surface area contributed by atoms with Crippen LogP contribution in [0.3, 0.4) is 0 Å². The quantitative estimate of drug-likeness (QED) is 0.718. The van der Waals surface area contributed by atoms with Crippen LogP contribution in [0.25, 0.3) is 10.2 Å². The Balaban J connectivity index is 1.73. The fourth-order valence-corrected chi connectivity index (χ4v) is 3.18. The Labute approximate surface area is 138 Å². The molecule has 2 N–H and O–H groups in total. The number of thiazole rings is 1. The van der Waals surface area contributed by atoms with Crippen LogP contribution in [0.15, 0.2) is 36.4 Å². The Morgan fingerprint density at radius 1 is 1.17 bits per heavy atom. The normalized spacial score (nSPS) is 10.6. The highest BCUT2D eigenvalue weighted by molar-refractivity contribution is 7.22. The van der Waals surface area contributed by atoms with E-state index < -0.39 is 0 Å². The van der Waals surface area contributed by atoms with Gasteiger partial charge in [-0.15, -0.1) is 0 Å². The van der Waals surface area contributed by atoms with Crippen molar-refractivity contribution in [3.8, 4) is 5.75 Å². The Morgan fingerprint density at radius 2 is 2.00 bits per heavy atom. The summed E-state index contributed by atoms with van der Waals surface area (Å²) in [5.41, 5.74) is 9.15. The van der Waals surface area contributed by atoms with E-state index in [2.05, 4.69) is 15.8 Å². The standard InChI is InChI=1S/C17H17N3O2S/c1-10-4-6-13(11(2)8-10)16(21)19-20-17-18-14-7-5-12(22-3)9-15(14)23-17/h4-9H,1-3H3,(H,18,20)(H,19,21). The molecule has 0 radical (unpaired) electrons. The Hall–Kier alpha value is -2.60. The highest BCUT2D eigenvalue weighted by Gasteiger charge is 2.10. The summed E-state index contributed by atoms with van der Waals surface area (Å²) in [5, 5.41) is 0.631. The van der Waals surface area contributed by atoms with Gasteiger partial charge in [-0.2, -0.15) is 0 Å². The van der Waals surface area contributed by atoms with Crippen molar-refractivity contribution in [2.45, 2.75) is 13.8 Å². The number of nitrogens with zero attached hydrogens (tertiary/aromatic N) is 1. The van der Waals surface area contributed by atoms with E-state index in [4.69, 9.17) is 4.74 Å². The molecule has 118 valence electrons. The number of carbonyl (C=O) groups excluding carboxylic acids is 1. The zero-order chi connectivity index (χ0) is 16.4. The first-order valence-corrected chi connectivity index (χ1v) is 7.96. The van der Waals surface area contributed by atoms with Gasteiger partial charge in [0.05, 0.1) is 17.3 Å². The molecule has 3 rings (SSSR count). The maximum absolute atomic E-state index is 12.2. The summed E-state index contributed by atoms with van der Waals surface area (Å²) in [4.78, 5) is 16.7. The number of fused-ring (bicyclic) bond motifs is 1. The molecule has 1 amide bonds. The second kappa shape index (κ2) is 6.26. The molecule has 0 aliphatic carbocycles. The molecule has 1 aromatic heterocycles. The second-order valence-corrected chi connectivity index (χ2v) is 6.28. The van der Waals surface area contributed by atoms with Gasteiger partial charge in [-0.3, -0.25) is 15.6 Å². The number of aromatic nitrogens is 1. The first-order chi connectivity index (χ1) is 11.1. The van der Waals surface area contributed by atoms with E-state index in [-0.39, 0.29) is 5.91 Å². The van der Waals surface area contributed by atoms with Gasteiger partial charge in [-0.25, -0.2) is 4.98 Å². The minimum atomic E-state index is -0.181. The van der Waals surface area contributed by atoms with Gasteiger partial charge in [0, 0.05) is 5.56 Å². The average Bonchev–Trinajstić information content (AvgIpc) is 2.94. The van der Waals surface area contributed by atoms with Gasteiger partial charge in [-0.1, -0.05) is 29.0 Å². The van der Waals surface area contributed by atoms with Gasteiger partial charge in [0.25, 0.3) is 5.91 Å². The summed E-state index contributed by atoms with van der Waals surface area (Å²) >= 11 is 1.45. The lowest BCUT2D eigenvalue weighted by Crippen LogP contribution is -2.29. The van der Waals surface area contributed by atoms with E-state index in [1.807, 2.05) is 50.2 Å². The van der Waals surface area contributed by atoms with E-state index in [1.165, 1.54) is 11.3 Å². The summed E-state index contributed by atoms with van der Waals surface area (Å²) in [7, 11) is 1.63. The highest BCUT2D eigenvalue weighted by Crippen LogP contribution is 2.28. The van der Waals surface area contributed by atoms with Crippen LogP contribution < -0.4 is 15.6 Å². The number of rotatable bonds is 4.